The van der Waals surface area contributed by atoms with Crippen LogP contribution in [0.1, 0.15) is 29.3 Å². The second kappa shape index (κ2) is 9.19. The number of hydrogen-bond acceptors (Lipinski definition) is 6. The van der Waals surface area contributed by atoms with Gasteiger partial charge in [0.1, 0.15) is 5.57 Å². The molecule has 27 heavy (non-hydrogen) atoms. The second-order valence-corrected chi connectivity index (χ2v) is 5.52. The highest BCUT2D eigenvalue weighted by Gasteiger charge is 2.23. The van der Waals surface area contributed by atoms with Crippen molar-refractivity contribution in [3.05, 3.63) is 81.4 Å². The third kappa shape index (κ3) is 5.43. The number of carbonyl (C=O) groups excluding carboxylic acids is 3. The van der Waals surface area contributed by atoms with Gasteiger partial charge in [-0.05, 0) is 18.6 Å². The van der Waals surface area contributed by atoms with Crippen LogP contribution in [0.15, 0.2) is 60.2 Å². The van der Waals surface area contributed by atoms with Crippen molar-refractivity contribution in [3.8, 4) is 0 Å². The molecule has 138 valence electrons. The fraction of sp³-hybridized carbons (Fsp3) is 0.150. The number of carbonyl (C=O) groups is 3. The number of ether oxygens (including phenoxy) is 1. The Kier molecular flexibility index (Phi) is 6.71. The van der Waals surface area contributed by atoms with E-state index in [9.17, 15) is 24.5 Å². The minimum Gasteiger partial charge on any atom is -0.462 e. The first-order valence-electron chi connectivity index (χ1n) is 8.17. The lowest BCUT2D eigenvalue weighted by Crippen LogP contribution is -2.18. The van der Waals surface area contributed by atoms with Gasteiger partial charge in [-0.15, -0.1) is 0 Å². The van der Waals surface area contributed by atoms with Crippen LogP contribution in [0.25, 0.3) is 6.08 Å². The molecule has 0 radical (unpaired) electrons. The van der Waals surface area contributed by atoms with Gasteiger partial charge in [-0.25, -0.2) is 4.79 Å². The van der Waals surface area contributed by atoms with Gasteiger partial charge in [0, 0.05) is 17.7 Å². The maximum absolute atomic E-state index is 12.5. The fourth-order valence-electron chi connectivity index (χ4n) is 2.32. The Bertz CT molecular complexity index is 902. The monoisotopic (exact) mass is 367 g/mol. The van der Waals surface area contributed by atoms with Crippen LogP contribution < -0.4 is 0 Å². The van der Waals surface area contributed by atoms with Crippen LogP contribution in [0.5, 0.6) is 0 Å². The Morgan fingerprint density at radius 3 is 2.41 bits per heavy atom. The summed E-state index contributed by atoms with van der Waals surface area (Å²) in [5.41, 5.74) is 0.124. The van der Waals surface area contributed by atoms with Gasteiger partial charge < -0.3 is 4.74 Å². The van der Waals surface area contributed by atoms with Crippen molar-refractivity contribution in [3.63, 3.8) is 0 Å². The summed E-state index contributed by atoms with van der Waals surface area (Å²) in [5, 5.41) is 10.9. The Morgan fingerprint density at radius 1 is 1.07 bits per heavy atom. The summed E-state index contributed by atoms with van der Waals surface area (Å²) in [4.78, 5) is 47.3. The van der Waals surface area contributed by atoms with Gasteiger partial charge in [0.25, 0.3) is 5.69 Å². The van der Waals surface area contributed by atoms with Crippen LogP contribution in [0.3, 0.4) is 0 Å². The number of non-ortho nitro benzene ring substituents is 1. The summed E-state index contributed by atoms with van der Waals surface area (Å²) in [5.74, 6) is -2.03. The zero-order chi connectivity index (χ0) is 19.8. The molecule has 0 aliphatic heterocycles. The molecule has 0 N–H and O–H groups in total. The topological polar surface area (TPSA) is 104 Å². The Hall–Kier alpha value is -3.61. The van der Waals surface area contributed by atoms with E-state index >= 15 is 0 Å². The molecule has 0 saturated heterocycles. The average molecular weight is 367 g/mol. The number of hydrogen-bond donors (Lipinski definition) is 0. The lowest BCUT2D eigenvalue weighted by atomic mass is 9.99. The van der Waals surface area contributed by atoms with Gasteiger partial charge in [-0.2, -0.15) is 0 Å². The van der Waals surface area contributed by atoms with Crippen molar-refractivity contribution < 1.29 is 24.0 Å². The molecule has 0 fully saturated rings. The van der Waals surface area contributed by atoms with Crippen LogP contribution in [0.2, 0.25) is 0 Å². The fourth-order valence-corrected chi connectivity index (χ4v) is 2.32. The molecule has 0 aromatic heterocycles. The Labute approximate surface area is 155 Å². The lowest BCUT2D eigenvalue weighted by molar-refractivity contribution is -0.384. The number of ketones is 2. The molecule has 0 unspecified atom stereocenters. The summed E-state index contributed by atoms with van der Waals surface area (Å²) in [6, 6.07) is 13.7. The second-order valence-electron chi connectivity index (χ2n) is 5.52. The minimum atomic E-state index is -0.880. The molecule has 0 aliphatic rings. The molecule has 0 aliphatic carbocycles. The summed E-state index contributed by atoms with van der Waals surface area (Å²) in [6.07, 6.45) is 0.690. The van der Waals surface area contributed by atoms with Crippen molar-refractivity contribution in [1.29, 1.82) is 0 Å². The van der Waals surface area contributed by atoms with Gasteiger partial charge in [0.05, 0.1) is 18.0 Å². The highest BCUT2D eigenvalue weighted by molar-refractivity contribution is 6.26. The smallest absolute Gasteiger partial charge is 0.341 e. The van der Waals surface area contributed by atoms with E-state index in [4.69, 9.17) is 4.74 Å². The van der Waals surface area contributed by atoms with Crippen molar-refractivity contribution in [1.82, 2.24) is 0 Å². The van der Waals surface area contributed by atoms with Crippen LogP contribution in [0, 0.1) is 10.1 Å². The van der Waals surface area contributed by atoms with Gasteiger partial charge in [-0.3, -0.25) is 19.7 Å². The van der Waals surface area contributed by atoms with Gasteiger partial charge in [-0.1, -0.05) is 42.5 Å². The highest BCUT2D eigenvalue weighted by atomic mass is 16.6. The first kappa shape index (κ1) is 19.7. The van der Waals surface area contributed by atoms with E-state index in [1.807, 2.05) is 0 Å². The maximum Gasteiger partial charge on any atom is 0.341 e. The molecule has 2 rings (SSSR count). The standard InChI is InChI=1S/C20H17NO6/c1-2-27-20(24)17(12-14-7-6-10-16(11-14)21(25)26)19(23)13-18(22)15-8-4-3-5-9-15/h3-12H,2,13H2,1H3. The molecular weight excluding hydrogens is 350 g/mol. The first-order chi connectivity index (χ1) is 12.9. The van der Waals surface area contributed by atoms with E-state index in [2.05, 4.69) is 0 Å². The predicted molar refractivity (Wildman–Crippen MR) is 98.1 cm³/mol. The van der Waals surface area contributed by atoms with Crippen molar-refractivity contribution in [2.24, 2.45) is 0 Å². The van der Waals surface area contributed by atoms with E-state index < -0.39 is 28.9 Å². The van der Waals surface area contributed by atoms with E-state index in [0.29, 0.717) is 5.56 Å². The average Bonchev–Trinajstić information content (AvgIpc) is 2.67. The lowest BCUT2D eigenvalue weighted by Gasteiger charge is -2.07. The normalized spacial score (nSPS) is 10.9. The van der Waals surface area contributed by atoms with Crippen LogP contribution in [-0.4, -0.2) is 29.1 Å². The number of nitro groups is 1. The molecular formula is C20H17NO6. The zero-order valence-electron chi connectivity index (χ0n) is 14.6. The summed E-state index contributed by atoms with van der Waals surface area (Å²) in [7, 11) is 0. The third-order valence-electron chi connectivity index (χ3n) is 3.60. The largest absolute Gasteiger partial charge is 0.462 e. The number of nitrogens with zero attached hydrogens (tertiary/aromatic N) is 1. The van der Waals surface area contributed by atoms with Gasteiger partial charge >= 0.3 is 5.97 Å². The molecule has 7 heteroatoms. The zero-order valence-corrected chi connectivity index (χ0v) is 14.6. The third-order valence-corrected chi connectivity index (χ3v) is 3.60. The molecule has 2 aromatic rings. The minimum absolute atomic E-state index is 0.0466. The van der Waals surface area contributed by atoms with E-state index in [1.165, 1.54) is 30.3 Å². The van der Waals surface area contributed by atoms with Crippen molar-refractivity contribution in [2.75, 3.05) is 6.61 Å². The quantitative estimate of drug-likeness (QED) is 0.135. The molecule has 2 aromatic carbocycles. The SMILES string of the molecule is CCOC(=O)C(=Cc1cccc([N+](=O)[O-])c1)C(=O)CC(=O)c1ccccc1. The summed E-state index contributed by atoms with van der Waals surface area (Å²) >= 11 is 0. The molecule has 0 heterocycles. The maximum atomic E-state index is 12.5. The molecule has 0 saturated carbocycles. The number of benzene rings is 2. The highest BCUT2D eigenvalue weighted by Crippen LogP contribution is 2.18. The van der Waals surface area contributed by atoms with E-state index in [-0.39, 0.29) is 23.4 Å². The Morgan fingerprint density at radius 2 is 1.78 bits per heavy atom. The van der Waals surface area contributed by atoms with Crippen LogP contribution >= 0.6 is 0 Å². The first-order valence-corrected chi connectivity index (χ1v) is 8.17. The van der Waals surface area contributed by atoms with Gasteiger partial charge in [0.15, 0.2) is 11.6 Å². The van der Waals surface area contributed by atoms with Gasteiger partial charge in [0.2, 0.25) is 0 Å². The molecule has 0 atom stereocenters. The summed E-state index contributed by atoms with van der Waals surface area (Å²) in [6.45, 7) is 1.63. The van der Waals surface area contributed by atoms with Crippen molar-refractivity contribution in [2.45, 2.75) is 13.3 Å². The molecule has 7 nitrogen and oxygen atoms in total. The van der Waals surface area contributed by atoms with Crippen LogP contribution in [0.4, 0.5) is 5.69 Å². The molecule has 0 spiro atoms. The van der Waals surface area contributed by atoms with E-state index in [0.717, 1.165) is 0 Å². The number of nitro benzene ring substituents is 1. The number of esters is 1. The van der Waals surface area contributed by atoms with Crippen molar-refractivity contribution >= 4 is 29.3 Å². The predicted octanol–water partition coefficient (Wildman–Crippen LogP) is 3.38. The summed E-state index contributed by atoms with van der Waals surface area (Å²) < 4.78 is 4.89. The van der Waals surface area contributed by atoms with Crippen LogP contribution in [-0.2, 0) is 14.3 Å². The van der Waals surface area contributed by atoms with E-state index in [1.54, 1.807) is 37.3 Å². The Balaban J connectivity index is 2.32. The molecule has 0 bridgehead atoms. The molecule has 0 amide bonds. The number of rotatable bonds is 8. The number of Topliss-reactive ketones (excluding diaryl/α,β-unsaturated/α-hetero) is 2.